The van der Waals surface area contributed by atoms with Gasteiger partial charge >= 0.3 is 6.03 Å². The quantitative estimate of drug-likeness (QED) is 0.897. The second-order valence-electron chi connectivity index (χ2n) is 5.23. The van der Waals surface area contributed by atoms with Crippen LogP contribution in [0.5, 0.6) is 0 Å². The van der Waals surface area contributed by atoms with Gasteiger partial charge in [-0.2, -0.15) is 0 Å². The normalized spacial score (nSPS) is 15.7. The molecule has 1 aromatic carbocycles. The summed E-state index contributed by atoms with van der Waals surface area (Å²) in [6.07, 6.45) is 5.92. The Labute approximate surface area is 118 Å². The Kier molecular flexibility index (Phi) is 3.41. The van der Waals surface area contributed by atoms with E-state index >= 15 is 0 Å². The number of urea groups is 1. The van der Waals surface area contributed by atoms with Gasteiger partial charge in [0.15, 0.2) is 5.82 Å². The smallest absolute Gasteiger partial charge is 0.320 e. The van der Waals surface area contributed by atoms with Crippen molar-refractivity contribution in [2.24, 2.45) is 5.92 Å². The largest absolute Gasteiger partial charge is 0.335 e. The maximum absolute atomic E-state index is 11.8. The second kappa shape index (κ2) is 5.36. The van der Waals surface area contributed by atoms with Crippen molar-refractivity contribution >= 4 is 11.8 Å². The molecule has 0 bridgehead atoms. The summed E-state index contributed by atoms with van der Waals surface area (Å²) in [5.41, 5.74) is 1.01. The summed E-state index contributed by atoms with van der Waals surface area (Å²) < 4.78 is 1.87. The summed E-state index contributed by atoms with van der Waals surface area (Å²) in [6.45, 7) is 2.04. The topological polar surface area (TPSA) is 59.0 Å². The van der Waals surface area contributed by atoms with Crippen LogP contribution >= 0.6 is 0 Å². The zero-order valence-corrected chi connectivity index (χ0v) is 11.4. The third-order valence-corrected chi connectivity index (χ3v) is 3.57. The first-order valence-corrected chi connectivity index (χ1v) is 6.89. The summed E-state index contributed by atoms with van der Waals surface area (Å²) in [5, 5.41) is 5.70. The molecule has 1 aliphatic rings. The lowest BCUT2D eigenvalue weighted by Crippen LogP contribution is -2.37. The summed E-state index contributed by atoms with van der Waals surface area (Å²) in [5.74, 6) is 1.19. The third-order valence-electron chi connectivity index (χ3n) is 3.57. The van der Waals surface area contributed by atoms with Crippen molar-refractivity contribution in [3.8, 4) is 5.69 Å². The zero-order valence-electron chi connectivity index (χ0n) is 11.4. The van der Waals surface area contributed by atoms with Gasteiger partial charge in [0.2, 0.25) is 0 Å². The molecular weight excluding hydrogens is 252 g/mol. The van der Waals surface area contributed by atoms with Crippen molar-refractivity contribution in [3.63, 3.8) is 0 Å². The molecule has 0 saturated heterocycles. The Morgan fingerprint density at radius 3 is 2.80 bits per heavy atom. The molecule has 2 N–H and O–H groups in total. The lowest BCUT2D eigenvalue weighted by molar-refractivity contribution is 0.248. The molecule has 5 nitrogen and oxygen atoms in total. The molecule has 1 fully saturated rings. The molecular formula is C15H18N4O. The molecule has 3 rings (SSSR count). The minimum absolute atomic E-state index is 0.192. The number of imidazole rings is 1. The first-order chi connectivity index (χ1) is 9.72. The van der Waals surface area contributed by atoms with E-state index in [0.29, 0.717) is 11.7 Å². The Morgan fingerprint density at radius 1 is 1.35 bits per heavy atom. The Hall–Kier alpha value is -2.30. The van der Waals surface area contributed by atoms with Crippen LogP contribution in [0.2, 0.25) is 0 Å². The number of anilines is 1. The Balaban J connectivity index is 1.61. The average molecular weight is 270 g/mol. The number of amides is 2. The fourth-order valence-electron chi connectivity index (χ4n) is 2.20. The second-order valence-corrected chi connectivity index (χ2v) is 5.23. The SMILES string of the molecule is C[C@H](NC(=O)Nc1cn(-c2ccccc2)cn1)C1CC1. The number of nitrogens with one attached hydrogen (secondary N) is 2. The highest BCUT2D eigenvalue weighted by Crippen LogP contribution is 2.32. The highest BCUT2D eigenvalue weighted by Gasteiger charge is 2.28. The van der Waals surface area contributed by atoms with Gasteiger partial charge in [-0.15, -0.1) is 0 Å². The number of carbonyl (C=O) groups excluding carboxylic acids is 1. The molecule has 5 heteroatoms. The van der Waals surface area contributed by atoms with Crippen molar-refractivity contribution < 1.29 is 4.79 Å². The van der Waals surface area contributed by atoms with Gasteiger partial charge < -0.3 is 9.88 Å². The van der Waals surface area contributed by atoms with Crippen LogP contribution in [0.1, 0.15) is 19.8 Å². The summed E-state index contributed by atoms with van der Waals surface area (Å²) in [6, 6.07) is 9.90. The van der Waals surface area contributed by atoms with Crippen LogP contribution in [0, 0.1) is 5.92 Å². The van der Waals surface area contributed by atoms with Crippen molar-refractivity contribution in [2.45, 2.75) is 25.8 Å². The van der Waals surface area contributed by atoms with Gasteiger partial charge in [-0.3, -0.25) is 5.32 Å². The average Bonchev–Trinajstić information content (AvgIpc) is 3.21. The van der Waals surface area contributed by atoms with Gasteiger partial charge in [-0.25, -0.2) is 9.78 Å². The minimum atomic E-state index is -0.192. The van der Waals surface area contributed by atoms with Gasteiger partial charge in [-0.1, -0.05) is 18.2 Å². The van der Waals surface area contributed by atoms with E-state index < -0.39 is 0 Å². The van der Waals surface area contributed by atoms with Gasteiger partial charge in [0.1, 0.15) is 6.33 Å². The molecule has 1 atom stereocenters. The summed E-state index contributed by atoms with van der Waals surface area (Å²) in [4.78, 5) is 16.0. The monoisotopic (exact) mass is 270 g/mol. The number of carbonyl (C=O) groups is 1. The summed E-state index contributed by atoms with van der Waals surface area (Å²) >= 11 is 0. The van der Waals surface area contributed by atoms with E-state index in [4.69, 9.17) is 0 Å². The Bertz CT molecular complexity index is 589. The molecule has 1 heterocycles. The van der Waals surface area contributed by atoms with Crippen LogP contribution in [0.15, 0.2) is 42.9 Å². The van der Waals surface area contributed by atoms with Crippen molar-refractivity contribution in [1.29, 1.82) is 0 Å². The first-order valence-electron chi connectivity index (χ1n) is 6.89. The van der Waals surface area contributed by atoms with Crippen LogP contribution < -0.4 is 10.6 Å². The third kappa shape index (κ3) is 2.99. The van der Waals surface area contributed by atoms with Crippen molar-refractivity contribution in [1.82, 2.24) is 14.9 Å². The molecule has 1 saturated carbocycles. The fourth-order valence-corrected chi connectivity index (χ4v) is 2.20. The van der Waals surface area contributed by atoms with E-state index in [0.717, 1.165) is 5.69 Å². The molecule has 20 heavy (non-hydrogen) atoms. The first kappa shape index (κ1) is 12.7. The van der Waals surface area contributed by atoms with Gasteiger partial charge in [-0.05, 0) is 37.8 Å². The highest BCUT2D eigenvalue weighted by molar-refractivity contribution is 5.88. The highest BCUT2D eigenvalue weighted by atomic mass is 16.2. The molecule has 0 aliphatic heterocycles. The number of hydrogen-bond donors (Lipinski definition) is 2. The maximum Gasteiger partial charge on any atom is 0.320 e. The minimum Gasteiger partial charge on any atom is -0.335 e. The number of para-hydroxylation sites is 1. The maximum atomic E-state index is 11.8. The van der Waals surface area contributed by atoms with Gasteiger partial charge in [0.05, 0.1) is 6.20 Å². The molecule has 2 aromatic rings. The van der Waals surface area contributed by atoms with Gasteiger partial charge in [0.25, 0.3) is 0 Å². The predicted molar refractivity (Wildman–Crippen MR) is 77.9 cm³/mol. The number of benzene rings is 1. The lowest BCUT2D eigenvalue weighted by Gasteiger charge is -2.12. The fraction of sp³-hybridized carbons (Fsp3) is 0.333. The van der Waals surface area contributed by atoms with Crippen LogP contribution in [0.3, 0.4) is 0 Å². The molecule has 0 unspecified atom stereocenters. The molecule has 104 valence electrons. The van der Waals surface area contributed by atoms with E-state index in [2.05, 4.69) is 15.6 Å². The molecule has 1 aromatic heterocycles. The van der Waals surface area contributed by atoms with E-state index in [9.17, 15) is 4.79 Å². The molecule has 1 aliphatic carbocycles. The number of aromatic nitrogens is 2. The van der Waals surface area contributed by atoms with E-state index in [1.54, 1.807) is 12.5 Å². The van der Waals surface area contributed by atoms with Gasteiger partial charge in [0, 0.05) is 11.7 Å². The van der Waals surface area contributed by atoms with Crippen molar-refractivity contribution in [2.75, 3.05) is 5.32 Å². The van der Waals surface area contributed by atoms with Crippen LogP contribution in [0.25, 0.3) is 5.69 Å². The number of hydrogen-bond acceptors (Lipinski definition) is 2. The van der Waals surface area contributed by atoms with Crippen LogP contribution in [-0.2, 0) is 0 Å². The van der Waals surface area contributed by atoms with Crippen LogP contribution in [-0.4, -0.2) is 21.6 Å². The molecule has 0 radical (unpaired) electrons. The standard InChI is InChI=1S/C15H18N4O/c1-11(12-7-8-12)17-15(20)18-14-9-19(10-16-14)13-5-3-2-4-6-13/h2-6,9-12H,7-8H2,1H3,(H2,17,18,20)/t11-/m0/s1. The van der Waals surface area contributed by atoms with E-state index in [1.165, 1.54) is 12.8 Å². The Morgan fingerprint density at radius 2 is 2.10 bits per heavy atom. The summed E-state index contributed by atoms with van der Waals surface area (Å²) in [7, 11) is 0. The lowest BCUT2D eigenvalue weighted by atomic mass is 10.2. The van der Waals surface area contributed by atoms with Crippen LogP contribution in [0.4, 0.5) is 10.6 Å². The number of rotatable bonds is 4. The zero-order chi connectivity index (χ0) is 13.9. The van der Waals surface area contributed by atoms with E-state index in [1.807, 2.05) is 41.8 Å². The predicted octanol–water partition coefficient (Wildman–Crippen LogP) is 2.79. The molecule has 0 spiro atoms. The van der Waals surface area contributed by atoms with E-state index in [-0.39, 0.29) is 12.1 Å². The van der Waals surface area contributed by atoms with Crippen molar-refractivity contribution in [3.05, 3.63) is 42.9 Å². The molecule has 2 amide bonds. The number of nitrogens with zero attached hydrogens (tertiary/aromatic N) is 2.